The number of aromatic amines is 1. The molecule has 1 saturated heterocycles. The van der Waals surface area contributed by atoms with Crippen molar-refractivity contribution >= 4 is 0 Å². The van der Waals surface area contributed by atoms with Crippen LogP contribution >= 0.6 is 0 Å². The Morgan fingerprint density at radius 3 is 2.91 bits per heavy atom. The van der Waals surface area contributed by atoms with E-state index in [2.05, 4.69) is 33.3 Å². The van der Waals surface area contributed by atoms with Gasteiger partial charge < -0.3 is 4.74 Å². The minimum absolute atomic E-state index is 0.576. The molecule has 1 atom stereocenters. The third kappa shape index (κ3) is 3.00. The number of hydrogen-bond donors (Lipinski definition) is 1. The van der Waals surface area contributed by atoms with Crippen LogP contribution in [0.5, 0.6) is 5.75 Å². The first-order chi connectivity index (χ1) is 11.3. The van der Waals surface area contributed by atoms with E-state index in [-0.39, 0.29) is 0 Å². The van der Waals surface area contributed by atoms with E-state index in [0.29, 0.717) is 5.92 Å². The smallest absolute Gasteiger partial charge is 0.123 e. The Bertz CT molecular complexity index is 666. The minimum atomic E-state index is 0.576. The molecule has 4 rings (SSSR count). The quantitative estimate of drug-likeness (QED) is 0.942. The maximum Gasteiger partial charge on any atom is 0.123 e. The lowest BCUT2D eigenvalue weighted by atomic mass is 9.94. The number of ether oxygens (including phenoxy) is 1. The highest BCUT2D eigenvalue weighted by Crippen LogP contribution is 2.32. The van der Waals surface area contributed by atoms with Crippen LogP contribution in [0.4, 0.5) is 0 Å². The summed E-state index contributed by atoms with van der Waals surface area (Å²) in [6.07, 6.45) is 8.07. The highest BCUT2D eigenvalue weighted by Gasteiger charge is 2.24. The molecule has 4 nitrogen and oxygen atoms in total. The number of fused-ring (bicyclic) bond motifs is 1. The summed E-state index contributed by atoms with van der Waals surface area (Å²) in [7, 11) is 1.80. The number of nitrogens with zero attached hydrogens (tertiary/aromatic N) is 2. The Balaban J connectivity index is 1.51. The average Bonchev–Trinajstić information content (AvgIpc) is 3.25. The standard InChI is InChI=1S/C19H25N3O/c1-23-19-11-15-5-2-4-14(15)10-17(19)13-22-9-3-6-16(12-22)18-7-8-20-21-18/h7-8,10-11,16H,2-6,9,12-13H2,1H3,(H,20,21)/t16-/m0/s1. The summed E-state index contributed by atoms with van der Waals surface area (Å²) in [5.74, 6) is 1.64. The molecule has 1 fully saturated rings. The van der Waals surface area contributed by atoms with Crippen molar-refractivity contribution in [3.8, 4) is 5.75 Å². The Labute approximate surface area is 137 Å². The van der Waals surface area contributed by atoms with Crippen LogP contribution < -0.4 is 4.74 Å². The second-order valence-electron chi connectivity index (χ2n) is 6.87. The van der Waals surface area contributed by atoms with Crippen LogP contribution in [0.15, 0.2) is 24.4 Å². The van der Waals surface area contributed by atoms with Crippen LogP contribution in [0, 0.1) is 0 Å². The summed E-state index contributed by atoms with van der Waals surface area (Å²) in [5.41, 5.74) is 5.64. The fourth-order valence-corrected chi connectivity index (χ4v) is 4.15. The van der Waals surface area contributed by atoms with Gasteiger partial charge in [-0.2, -0.15) is 5.10 Å². The number of rotatable bonds is 4. The zero-order valence-corrected chi connectivity index (χ0v) is 13.8. The fraction of sp³-hybridized carbons (Fsp3) is 0.526. The molecule has 0 unspecified atom stereocenters. The van der Waals surface area contributed by atoms with Gasteiger partial charge in [0.25, 0.3) is 0 Å². The van der Waals surface area contributed by atoms with Crippen LogP contribution in [-0.4, -0.2) is 35.3 Å². The SMILES string of the molecule is COc1cc2c(cc1CN1CCC[C@H](c3ccn[nH]3)C1)CCC2. The lowest BCUT2D eigenvalue weighted by Gasteiger charge is -2.32. The lowest BCUT2D eigenvalue weighted by molar-refractivity contribution is 0.196. The summed E-state index contributed by atoms with van der Waals surface area (Å²) in [4.78, 5) is 2.56. The van der Waals surface area contributed by atoms with Gasteiger partial charge in [-0.05, 0) is 61.9 Å². The molecule has 0 saturated carbocycles. The Kier molecular flexibility index (Phi) is 4.08. The minimum Gasteiger partial charge on any atom is -0.496 e. The van der Waals surface area contributed by atoms with E-state index in [4.69, 9.17) is 4.74 Å². The Morgan fingerprint density at radius 1 is 1.26 bits per heavy atom. The van der Waals surface area contributed by atoms with Gasteiger partial charge in [-0.15, -0.1) is 0 Å². The Hall–Kier alpha value is -1.81. The van der Waals surface area contributed by atoms with Crippen LogP contribution in [0.1, 0.15) is 47.6 Å². The van der Waals surface area contributed by atoms with E-state index in [1.54, 1.807) is 7.11 Å². The Morgan fingerprint density at radius 2 is 2.13 bits per heavy atom. The highest BCUT2D eigenvalue weighted by molar-refractivity contribution is 5.44. The molecule has 0 amide bonds. The second-order valence-corrected chi connectivity index (χ2v) is 6.87. The highest BCUT2D eigenvalue weighted by atomic mass is 16.5. The van der Waals surface area contributed by atoms with E-state index in [1.165, 1.54) is 61.0 Å². The lowest BCUT2D eigenvalue weighted by Crippen LogP contribution is -2.34. The van der Waals surface area contributed by atoms with Gasteiger partial charge in [0.05, 0.1) is 7.11 Å². The van der Waals surface area contributed by atoms with E-state index < -0.39 is 0 Å². The van der Waals surface area contributed by atoms with Crippen molar-refractivity contribution < 1.29 is 4.74 Å². The molecule has 1 aromatic heterocycles. The second kappa shape index (κ2) is 6.36. The predicted octanol–water partition coefficient (Wildman–Crippen LogP) is 3.29. The monoisotopic (exact) mass is 311 g/mol. The van der Waals surface area contributed by atoms with Crippen molar-refractivity contribution in [3.05, 3.63) is 46.8 Å². The van der Waals surface area contributed by atoms with Crippen molar-refractivity contribution in [2.75, 3.05) is 20.2 Å². The van der Waals surface area contributed by atoms with Crippen molar-refractivity contribution in [1.29, 1.82) is 0 Å². The van der Waals surface area contributed by atoms with Gasteiger partial charge in [-0.3, -0.25) is 10.00 Å². The van der Waals surface area contributed by atoms with E-state index in [9.17, 15) is 0 Å². The summed E-state index contributed by atoms with van der Waals surface area (Å²) < 4.78 is 5.67. The summed E-state index contributed by atoms with van der Waals surface area (Å²) in [5, 5.41) is 7.26. The van der Waals surface area contributed by atoms with Crippen molar-refractivity contribution in [3.63, 3.8) is 0 Å². The van der Waals surface area contributed by atoms with E-state index >= 15 is 0 Å². The molecule has 1 aromatic carbocycles. The number of methoxy groups -OCH3 is 1. The van der Waals surface area contributed by atoms with Gasteiger partial charge in [-0.25, -0.2) is 0 Å². The molecule has 1 aliphatic heterocycles. The van der Waals surface area contributed by atoms with Crippen LogP contribution in [0.3, 0.4) is 0 Å². The van der Waals surface area contributed by atoms with Crippen LogP contribution in [0.25, 0.3) is 0 Å². The van der Waals surface area contributed by atoms with Crippen molar-refractivity contribution in [1.82, 2.24) is 15.1 Å². The van der Waals surface area contributed by atoms with Gasteiger partial charge >= 0.3 is 0 Å². The topological polar surface area (TPSA) is 41.1 Å². The zero-order valence-electron chi connectivity index (χ0n) is 13.8. The van der Waals surface area contributed by atoms with Crippen LogP contribution in [0.2, 0.25) is 0 Å². The predicted molar refractivity (Wildman–Crippen MR) is 90.9 cm³/mol. The summed E-state index contributed by atoms with van der Waals surface area (Å²) in [6, 6.07) is 6.78. The van der Waals surface area contributed by atoms with Gasteiger partial charge in [0.1, 0.15) is 5.75 Å². The normalized spacial score (nSPS) is 21.3. The van der Waals surface area contributed by atoms with Gasteiger partial charge in [0.15, 0.2) is 0 Å². The zero-order chi connectivity index (χ0) is 15.6. The first-order valence-electron chi connectivity index (χ1n) is 8.74. The third-order valence-corrected chi connectivity index (χ3v) is 5.36. The van der Waals surface area contributed by atoms with E-state index in [0.717, 1.165) is 18.8 Å². The molecule has 0 bridgehead atoms. The number of likely N-dealkylation sites (tertiary alicyclic amines) is 1. The van der Waals surface area contributed by atoms with Gasteiger partial charge in [-0.1, -0.05) is 6.07 Å². The molecule has 23 heavy (non-hydrogen) atoms. The van der Waals surface area contributed by atoms with Crippen molar-refractivity contribution in [2.45, 2.75) is 44.6 Å². The molecular formula is C19H25N3O. The third-order valence-electron chi connectivity index (χ3n) is 5.36. The first-order valence-corrected chi connectivity index (χ1v) is 8.74. The molecule has 4 heteroatoms. The van der Waals surface area contributed by atoms with Crippen LogP contribution in [-0.2, 0) is 19.4 Å². The fourth-order valence-electron chi connectivity index (χ4n) is 4.15. The summed E-state index contributed by atoms with van der Waals surface area (Å²) in [6.45, 7) is 3.26. The molecule has 2 heterocycles. The number of aromatic nitrogens is 2. The molecule has 1 aliphatic carbocycles. The largest absolute Gasteiger partial charge is 0.496 e. The van der Waals surface area contributed by atoms with Crippen molar-refractivity contribution in [2.24, 2.45) is 0 Å². The molecule has 2 aliphatic rings. The molecule has 0 spiro atoms. The first kappa shape index (κ1) is 14.8. The molecule has 0 radical (unpaired) electrons. The number of aryl methyl sites for hydroxylation is 2. The number of hydrogen-bond acceptors (Lipinski definition) is 3. The molecular weight excluding hydrogens is 286 g/mol. The van der Waals surface area contributed by atoms with Gasteiger partial charge in [0, 0.05) is 36.5 Å². The molecule has 122 valence electrons. The number of piperidine rings is 1. The van der Waals surface area contributed by atoms with Gasteiger partial charge in [0.2, 0.25) is 0 Å². The average molecular weight is 311 g/mol. The maximum absolute atomic E-state index is 5.67. The molecule has 1 N–H and O–H groups in total. The summed E-state index contributed by atoms with van der Waals surface area (Å²) >= 11 is 0. The maximum atomic E-state index is 5.67. The number of nitrogens with one attached hydrogen (secondary N) is 1. The molecule has 2 aromatic rings. The van der Waals surface area contributed by atoms with E-state index in [1.807, 2.05) is 6.20 Å². The number of H-pyrrole nitrogens is 1. The number of benzene rings is 1.